The lowest BCUT2D eigenvalue weighted by Crippen LogP contribution is -2.40. The Hall–Kier alpha value is -1.05. The maximum absolute atomic E-state index is 11.7. The first-order valence-electron chi connectivity index (χ1n) is 8.05. The summed E-state index contributed by atoms with van der Waals surface area (Å²) in [6.45, 7) is 8.50. The molecular formula is C18H28O2. The summed E-state index contributed by atoms with van der Waals surface area (Å²) in [5.74, 6) is 1.48. The molecule has 2 aliphatic carbocycles. The fraction of sp³-hybridized carbons (Fsp3) is 0.722. The van der Waals surface area contributed by atoms with Gasteiger partial charge in [-0.15, -0.1) is 0 Å². The molecule has 0 radical (unpaired) electrons. The highest BCUT2D eigenvalue weighted by molar-refractivity contribution is 5.74. The fourth-order valence-electron chi connectivity index (χ4n) is 4.15. The minimum Gasteiger partial charge on any atom is -0.481 e. The normalized spacial score (nSPS) is 35.9. The van der Waals surface area contributed by atoms with Gasteiger partial charge in [0, 0.05) is 0 Å². The zero-order valence-corrected chi connectivity index (χ0v) is 13.2. The summed E-state index contributed by atoms with van der Waals surface area (Å²) in [7, 11) is 0. The largest absolute Gasteiger partial charge is 0.481 e. The zero-order valence-electron chi connectivity index (χ0n) is 13.2. The molecule has 0 saturated carbocycles. The van der Waals surface area contributed by atoms with Crippen LogP contribution in [-0.2, 0) is 4.79 Å². The van der Waals surface area contributed by atoms with E-state index in [2.05, 4.69) is 32.1 Å². The Balaban J connectivity index is 2.27. The van der Waals surface area contributed by atoms with Crippen LogP contribution in [-0.4, -0.2) is 11.1 Å². The second-order valence-electron chi connectivity index (χ2n) is 6.85. The van der Waals surface area contributed by atoms with E-state index in [1.54, 1.807) is 0 Å². The molecule has 0 aromatic heterocycles. The van der Waals surface area contributed by atoms with Crippen molar-refractivity contribution in [3.63, 3.8) is 0 Å². The van der Waals surface area contributed by atoms with Gasteiger partial charge < -0.3 is 5.11 Å². The highest BCUT2D eigenvalue weighted by Gasteiger charge is 2.44. The van der Waals surface area contributed by atoms with Crippen molar-refractivity contribution >= 4 is 5.97 Å². The van der Waals surface area contributed by atoms with Crippen LogP contribution in [0.15, 0.2) is 23.8 Å². The van der Waals surface area contributed by atoms with Gasteiger partial charge in [0.05, 0.1) is 5.41 Å². The van der Waals surface area contributed by atoms with E-state index in [0.717, 1.165) is 12.8 Å². The Labute approximate surface area is 123 Å². The molecule has 2 rings (SSSR count). The Kier molecular flexibility index (Phi) is 4.41. The lowest BCUT2D eigenvalue weighted by molar-refractivity contribution is -0.152. The van der Waals surface area contributed by atoms with E-state index in [-0.39, 0.29) is 5.92 Å². The molecule has 20 heavy (non-hydrogen) atoms. The van der Waals surface area contributed by atoms with Crippen LogP contribution in [0.1, 0.15) is 53.4 Å². The first-order valence-corrected chi connectivity index (χ1v) is 8.05. The average molecular weight is 276 g/mol. The van der Waals surface area contributed by atoms with Crippen LogP contribution in [0.2, 0.25) is 0 Å². The lowest BCUT2D eigenvalue weighted by atomic mass is 9.61. The molecule has 5 atom stereocenters. The number of carboxylic acid groups (broad SMARTS) is 1. The molecule has 2 unspecified atom stereocenters. The third kappa shape index (κ3) is 2.45. The van der Waals surface area contributed by atoms with Crippen molar-refractivity contribution in [2.45, 2.75) is 53.4 Å². The maximum atomic E-state index is 11.7. The highest BCUT2D eigenvalue weighted by Crippen LogP contribution is 2.48. The van der Waals surface area contributed by atoms with E-state index in [4.69, 9.17) is 0 Å². The van der Waals surface area contributed by atoms with Gasteiger partial charge in [0.25, 0.3) is 0 Å². The van der Waals surface area contributed by atoms with Crippen molar-refractivity contribution in [3.05, 3.63) is 23.8 Å². The third-order valence-corrected chi connectivity index (χ3v) is 5.98. The topological polar surface area (TPSA) is 37.3 Å². The predicted molar refractivity (Wildman–Crippen MR) is 82.4 cm³/mol. The number of allylic oxidation sites excluding steroid dienone is 4. The Morgan fingerprint density at radius 2 is 2.15 bits per heavy atom. The van der Waals surface area contributed by atoms with Crippen LogP contribution in [0.3, 0.4) is 0 Å². The van der Waals surface area contributed by atoms with Crippen molar-refractivity contribution < 1.29 is 9.90 Å². The molecule has 112 valence electrons. The second-order valence-corrected chi connectivity index (χ2v) is 6.85. The number of hydrogen-bond donors (Lipinski definition) is 1. The van der Waals surface area contributed by atoms with Crippen molar-refractivity contribution in [1.29, 1.82) is 0 Å². The molecule has 0 bridgehead atoms. The zero-order chi connectivity index (χ0) is 14.9. The molecule has 0 aromatic carbocycles. The first kappa shape index (κ1) is 15.3. The SMILES string of the molecule is CC[C@@H]1C2CC([C@](C)(CC)C(=O)O)CC=C2C=C[C@@H]1C. The van der Waals surface area contributed by atoms with Crippen molar-refractivity contribution in [3.8, 4) is 0 Å². The molecule has 0 amide bonds. The number of fused-ring (bicyclic) bond motifs is 1. The summed E-state index contributed by atoms with van der Waals surface area (Å²) in [5, 5.41) is 9.62. The van der Waals surface area contributed by atoms with Crippen LogP contribution < -0.4 is 0 Å². The van der Waals surface area contributed by atoms with E-state index >= 15 is 0 Å². The summed E-state index contributed by atoms with van der Waals surface area (Å²) in [4.78, 5) is 11.7. The Morgan fingerprint density at radius 1 is 1.45 bits per heavy atom. The first-order chi connectivity index (χ1) is 9.43. The van der Waals surface area contributed by atoms with Crippen LogP contribution in [0.5, 0.6) is 0 Å². The van der Waals surface area contributed by atoms with E-state index < -0.39 is 11.4 Å². The molecule has 2 aliphatic rings. The summed E-state index contributed by atoms with van der Waals surface area (Å²) in [6, 6.07) is 0. The van der Waals surface area contributed by atoms with Gasteiger partial charge in [-0.1, -0.05) is 45.4 Å². The number of aliphatic carboxylic acids is 1. The van der Waals surface area contributed by atoms with Crippen molar-refractivity contribution in [2.24, 2.45) is 29.1 Å². The molecule has 0 aromatic rings. The monoisotopic (exact) mass is 276 g/mol. The highest BCUT2D eigenvalue weighted by atomic mass is 16.4. The van der Waals surface area contributed by atoms with E-state index in [0.29, 0.717) is 24.2 Å². The fourth-order valence-corrected chi connectivity index (χ4v) is 4.15. The van der Waals surface area contributed by atoms with Gasteiger partial charge in [0.15, 0.2) is 0 Å². The molecule has 2 nitrogen and oxygen atoms in total. The molecule has 1 N–H and O–H groups in total. The minimum atomic E-state index is -0.630. The number of carbonyl (C=O) groups is 1. The number of hydrogen-bond acceptors (Lipinski definition) is 1. The standard InChI is InChI=1S/C18H28O2/c1-5-15-12(3)7-8-13-9-10-14(11-16(13)15)18(4,6-2)17(19)20/h7-9,12,14-16H,5-6,10-11H2,1-4H3,(H,19,20)/t12-,14?,15-,16?,18-/m0/s1. The Morgan fingerprint density at radius 3 is 2.70 bits per heavy atom. The smallest absolute Gasteiger partial charge is 0.309 e. The van der Waals surface area contributed by atoms with Crippen molar-refractivity contribution in [2.75, 3.05) is 0 Å². The molecule has 0 heterocycles. The molecule has 0 spiro atoms. The van der Waals surface area contributed by atoms with Crippen LogP contribution in [0.25, 0.3) is 0 Å². The molecule has 0 fully saturated rings. The predicted octanol–water partition coefficient (Wildman–Crippen LogP) is 4.67. The van der Waals surface area contributed by atoms with Gasteiger partial charge >= 0.3 is 5.97 Å². The maximum Gasteiger partial charge on any atom is 0.309 e. The van der Waals surface area contributed by atoms with E-state index in [1.165, 1.54) is 12.0 Å². The lowest BCUT2D eigenvalue weighted by Gasteiger charge is -2.43. The summed E-state index contributed by atoms with van der Waals surface area (Å²) < 4.78 is 0. The average Bonchev–Trinajstić information content (AvgIpc) is 2.45. The molecule has 2 heteroatoms. The third-order valence-electron chi connectivity index (χ3n) is 5.98. The van der Waals surface area contributed by atoms with Gasteiger partial charge in [-0.05, 0) is 55.4 Å². The molecule has 0 aliphatic heterocycles. The van der Waals surface area contributed by atoms with Crippen LogP contribution in [0, 0.1) is 29.1 Å². The second kappa shape index (κ2) is 5.75. The quantitative estimate of drug-likeness (QED) is 0.810. The van der Waals surface area contributed by atoms with Gasteiger partial charge in [-0.25, -0.2) is 0 Å². The van der Waals surface area contributed by atoms with Gasteiger partial charge in [0.1, 0.15) is 0 Å². The number of carboxylic acids is 1. The summed E-state index contributed by atoms with van der Waals surface area (Å²) in [5.41, 5.74) is 0.875. The van der Waals surface area contributed by atoms with E-state index in [9.17, 15) is 9.90 Å². The van der Waals surface area contributed by atoms with Crippen LogP contribution in [0.4, 0.5) is 0 Å². The summed E-state index contributed by atoms with van der Waals surface area (Å²) in [6.07, 6.45) is 10.8. The van der Waals surface area contributed by atoms with E-state index in [1.807, 2.05) is 13.8 Å². The summed E-state index contributed by atoms with van der Waals surface area (Å²) >= 11 is 0. The van der Waals surface area contributed by atoms with Crippen molar-refractivity contribution in [1.82, 2.24) is 0 Å². The van der Waals surface area contributed by atoms with Gasteiger partial charge in [-0.2, -0.15) is 0 Å². The molecule has 0 saturated heterocycles. The minimum absolute atomic E-state index is 0.270. The van der Waals surface area contributed by atoms with Gasteiger partial charge in [-0.3, -0.25) is 4.79 Å². The van der Waals surface area contributed by atoms with Gasteiger partial charge in [0.2, 0.25) is 0 Å². The number of rotatable bonds is 4. The Bertz CT molecular complexity index is 435. The van der Waals surface area contributed by atoms with Crippen LogP contribution >= 0.6 is 0 Å². The molecular weight excluding hydrogens is 248 g/mol.